The smallest absolute Gasteiger partial charge is 0.258 e. The summed E-state index contributed by atoms with van der Waals surface area (Å²) in [5.74, 6) is 2.13. The standard InChI is InChI=1S/C21H19N5OS/c1-13(18-22-17-10-6-5-9-16(17)20(27)23-18)28-21-24-19(14-11-12-14)26(25-21)15-7-3-2-4-8-15/h2-10,13-14H,11-12H2,1H3,(H,22,23,27)/t13-/m0/s1. The van der Waals surface area contributed by atoms with Gasteiger partial charge >= 0.3 is 0 Å². The number of para-hydroxylation sites is 2. The molecule has 1 N–H and O–H groups in total. The summed E-state index contributed by atoms with van der Waals surface area (Å²) < 4.78 is 1.95. The Balaban J connectivity index is 1.47. The average molecular weight is 389 g/mol. The molecule has 4 aromatic rings. The fourth-order valence-electron chi connectivity index (χ4n) is 3.23. The highest BCUT2D eigenvalue weighted by atomic mass is 32.2. The van der Waals surface area contributed by atoms with Gasteiger partial charge in [-0.3, -0.25) is 4.79 Å². The number of benzene rings is 2. The third-order valence-electron chi connectivity index (χ3n) is 4.85. The summed E-state index contributed by atoms with van der Waals surface area (Å²) in [7, 11) is 0. The second-order valence-electron chi connectivity index (χ2n) is 7.00. The molecule has 0 spiro atoms. The van der Waals surface area contributed by atoms with Crippen molar-refractivity contribution in [1.82, 2.24) is 24.7 Å². The molecule has 28 heavy (non-hydrogen) atoms. The van der Waals surface area contributed by atoms with Gasteiger partial charge in [0.05, 0.1) is 21.8 Å². The molecule has 0 unspecified atom stereocenters. The topological polar surface area (TPSA) is 76.5 Å². The Bertz CT molecular complexity index is 1200. The number of nitrogens with zero attached hydrogens (tertiary/aromatic N) is 4. The first-order valence-electron chi connectivity index (χ1n) is 9.37. The summed E-state index contributed by atoms with van der Waals surface area (Å²) in [5, 5.41) is 5.97. The lowest BCUT2D eigenvalue weighted by molar-refractivity contribution is 0.781. The van der Waals surface area contributed by atoms with Crippen LogP contribution in [-0.4, -0.2) is 24.7 Å². The van der Waals surface area contributed by atoms with Crippen LogP contribution in [0.1, 0.15) is 42.6 Å². The molecule has 140 valence electrons. The lowest BCUT2D eigenvalue weighted by Gasteiger charge is -2.08. The summed E-state index contributed by atoms with van der Waals surface area (Å²) in [6.45, 7) is 2.01. The number of fused-ring (bicyclic) bond motifs is 1. The molecule has 0 radical (unpaired) electrons. The number of hydrogen-bond donors (Lipinski definition) is 1. The van der Waals surface area contributed by atoms with Crippen molar-refractivity contribution < 1.29 is 0 Å². The van der Waals surface area contributed by atoms with Crippen molar-refractivity contribution in [3.8, 4) is 5.69 Å². The molecule has 0 saturated heterocycles. The average Bonchev–Trinajstić information content (AvgIpc) is 3.49. The van der Waals surface area contributed by atoms with E-state index in [2.05, 4.69) is 9.97 Å². The molecule has 1 aliphatic carbocycles. The van der Waals surface area contributed by atoms with E-state index >= 15 is 0 Å². The predicted molar refractivity (Wildman–Crippen MR) is 110 cm³/mol. The first kappa shape index (κ1) is 17.2. The molecule has 5 rings (SSSR count). The Labute approximate surface area is 166 Å². The van der Waals surface area contributed by atoms with Gasteiger partial charge in [0, 0.05) is 5.92 Å². The highest BCUT2D eigenvalue weighted by Gasteiger charge is 2.31. The van der Waals surface area contributed by atoms with Gasteiger partial charge in [-0.2, -0.15) is 0 Å². The van der Waals surface area contributed by atoms with Gasteiger partial charge in [0.2, 0.25) is 5.16 Å². The zero-order chi connectivity index (χ0) is 19.1. The van der Waals surface area contributed by atoms with Gasteiger partial charge in [-0.15, -0.1) is 5.10 Å². The molecular weight excluding hydrogens is 370 g/mol. The molecule has 7 heteroatoms. The number of thioether (sulfide) groups is 1. The molecule has 2 heterocycles. The Morgan fingerprint density at radius 2 is 1.82 bits per heavy atom. The zero-order valence-electron chi connectivity index (χ0n) is 15.4. The SMILES string of the molecule is C[C@H](Sc1nc(C2CC2)n(-c2ccccc2)n1)c1nc2ccccc2c(=O)[nH]1. The lowest BCUT2D eigenvalue weighted by Crippen LogP contribution is -2.12. The highest BCUT2D eigenvalue weighted by Crippen LogP contribution is 2.41. The van der Waals surface area contributed by atoms with Crippen LogP contribution in [0.2, 0.25) is 0 Å². The van der Waals surface area contributed by atoms with Gasteiger partial charge in [-0.1, -0.05) is 42.1 Å². The summed E-state index contributed by atoms with van der Waals surface area (Å²) in [4.78, 5) is 24.7. The van der Waals surface area contributed by atoms with Crippen molar-refractivity contribution in [3.63, 3.8) is 0 Å². The third-order valence-corrected chi connectivity index (χ3v) is 5.82. The highest BCUT2D eigenvalue weighted by molar-refractivity contribution is 7.99. The molecule has 2 aromatic heterocycles. The van der Waals surface area contributed by atoms with Gasteiger partial charge in [-0.05, 0) is 44.0 Å². The second-order valence-corrected chi connectivity index (χ2v) is 8.31. The van der Waals surface area contributed by atoms with Crippen LogP contribution in [0.5, 0.6) is 0 Å². The molecule has 1 atom stereocenters. The fraction of sp³-hybridized carbons (Fsp3) is 0.238. The molecule has 2 aromatic carbocycles. The molecule has 1 aliphatic rings. The number of aromatic amines is 1. The van der Waals surface area contributed by atoms with E-state index in [0.29, 0.717) is 27.8 Å². The maximum Gasteiger partial charge on any atom is 0.258 e. The minimum Gasteiger partial charge on any atom is -0.309 e. The van der Waals surface area contributed by atoms with E-state index in [1.807, 2.05) is 60.1 Å². The molecule has 1 fully saturated rings. The van der Waals surface area contributed by atoms with Crippen LogP contribution in [0, 0.1) is 0 Å². The van der Waals surface area contributed by atoms with Crippen LogP contribution in [-0.2, 0) is 0 Å². The predicted octanol–water partition coefficient (Wildman–Crippen LogP) is 4.23. The van der Waals surface area contributed by atoms with Crippen molar-refractivity contribution in [3.05, 3.63) is 76.6 Å². The Kier molecular flexibility index (Phi) is 4.24. The molecule has 1 saturated carbocycles. The number of rotatable bonds is 5. The summed E-state index contributed by atoms with van der Waals surface area (Å²) in [5.41, 5.74) is 1.61. The van der Waals surface area contributed by atoms with Gasteiger partial charge in [0.1, 0.15) is 11.6 Å². The van der Waals surface area contributed by atoms with Crippen molar-refractivity contribution in [2.24, 2.45) is 0 Å². The summed E-state index contributed by atoms with van der Waals surface area (Å²) in [6, 6.07) is 17.5. The van der Waals surface area contributed by atoms with E-state index in [4.69, 9.17) is 10.1 Å². The van der Waals surface area contributed by atoms with Crippen LogP contribution in [0.3, 0.4) is 0 Å². The Morgan fingerprint density at radius 3 is 2.61 bits per heavy atom. The monoisotopic (exact) mass is 389 g/mol. The zero-order valence-corrected chi connectivity index (χ0v) is 16.2. The number of hydrogen-bond acceptors (Lipinski definition) is 5. The molecule has 0 bridgehead atoms. The van der Waals surface area contributed by atoms with Crippen molar-refractivity contribution >= 4 is 22.7 Å². The fourth-order valence-corrected chi connectivity index (χ4v) is 4.04. The van der Waals surface area contributed by atoms with Crippen LogP contribution < -0.4 is 5.56 Å². The van der Waals surface area contributed by atoms with E-state index in [1.165, 1.54) is 11.8 Å². The van der Waals surface area contributed by atoms with E-state index in [0.717, 1.165) is 24.4 Å². The largest absolute Gasteiger partial charge is 0.309 e. The van der Waals surface area contributed by atoms with Gasteiger partial charge in [-0.25, -0.2) is 14.6 Å². The Hall–Kier alpha value is -2.93. The first-order valence-corrected chi connectivity index (χ1v) is 10.2. The van der Waals surface area contributed by atoms with Gasteiger partial charge < -0.3 is 4.98 Å². The van der Waals surface area contributed by atoms with Crippen LogP contribution in [0.15, 0.2) is 64.5 Å². The number of nitrogens with one attached hydrogen (secondary N) is 1. The second kappa shape index (κ2) is 6.91. The maximum atomic E-state index is 12.4. The van der Waals surface area contributed by atoms with E-state index in [9.17, 15) is 4.79 Å². The van der Waals surface area contributed by atoms with Crippen molar-refractivity contribution in [2.45, 2.75) is 36.1 Å². The van der Waals surface area contributed by atoms with Crippen molar-refractivity contribution in [1.29, 1.82) is 0 Å². The minimum atomic E-state index is -0.116. The third kappa shape index (κ3) is 3.22. The van der Waals surface area contributed by atoms with E-state index < -0.39 is 0 Å². The first-order chi connectivity index (χ1) is 13.7. The van der Waals surface area contributed by atoms with Crippen LogP contribution >= 0.6 is 11.8 Å². The van der Waals surface area contributed by atoms with Crippen LogP contribution in [0.25, 0.3) is 16.6 Å². The van der Waals surface area contributed by atoms with Gasteiger partial charge in [0.25, 0.3) is 5.56 Å². The molecule has 0 aliphatic heterocycles. The van der Waals surface area contributed by atoms with Gasteiger partial charge in [0.15, 0.2) is 0 Å². The summed E-state index contributed by atoms with van der Waals surface area (Å²) in [6.07, 6.45) is 2.31. The van der Waals surface area contributed by atoms with E-state index in [1.54, 1.807) is 6.07 Å². The van der Waals surface area contributed by atoms with Crippen LogP contribution in [0.4, 0.5) is 0 Å². The Morgan fingerprint density at radius 1 is 1.07 bits per heavy atom. The minimum absolute atomic E-state index is 0.0732. The molecule has 6 nitrogen and oxygen atoms in total. The number of H-pyrrole nitrogens is 1. The maximum absolute atomic E-state index is 12.4. The number of aromatic nitrogens is 5. The molecular formula is C21H19N5OS. The van der Waals surface area contributed by atoms with E-state index in [-0.39, 0.29) is 10.8 Å². The van der Waals surface area contributed by atoms with Crippen molar-refractivity contribution in [2.75, 3.05) is 0 Å². The molecule has 0 amide bonds. The summed E-state index contributed by atoms with van der Waals surface area (Å²) >= 11 is 1.51. The quantitative estimate of drug-likeness (QED) is 0.517. The lowest BCUT2D eigenvalue weighted by atomic mass is 10.2. The normalized spacial score (nSPS) is 15.0.